The van der Waals surface area contributed by atoms with Crippen LogP contribution in [0.2, 0.25) is 0 Å². The summed E-state index contributed by atoms with van der Waals surface area (Å²) < 4.78 is 21.3. The topological polar surface area (TPSA) is 68.3 Å². The number of rotatable bonds is 2. The lowest BCUT2D eigenvalue weighted by molar-refractivity contribution is 0.106. The van der Waals surface area contributed by atoms with Crippen molar-refractivity contribution in [1.29, 1.82) is 0 Å². The molecule has 0 aliphatic carbocycles. The number of carbonyl (C=O) groups is 2. The van der Waals surface area contributed by atoms with Crippen LogP contribution in [0.4, 0.5) is 0 Å². The summed E-state index contributed by atoms with van der Waals surface area (Å²) in [6.45, 7) is 0. The van der Waals surface area contributed by atoms with E-state index in [1.165, 1.54) is 12.1 Å². The molecule has 1 aromatic rings. The van der Waals surface area contributed by atoms with E-state index in [0.29, 0.717) is 0 Å². The SMILES string of the molecule is O=C(Cl)c1ccc(C(=O)S(=O)(=O)Cl)cc1. The summed E-state index contributed by atoms with van der Waals surface area (Å²) in [7, 11) is 0.577. The van der Waals surface area contributed by atoms with E-state index in [1.54, 1.807) is 0 Å². The third-order valence-corrected chi connectivity index (χ3v) is 2.89. The highest BCUT2D eigenvalue weighted by Crippen LogP contribution is 2.12. The van der Waals surface area contributed by atoms with Gasteiger partial charge in [-0.3, -0.25) is 9.59 Å². The number of hydrogen-bond acceptors (Lipinski definition) is 4. The summed E-state index contributed by atoms with van der Waals surface area (Å²) >= 11 is 5.16. The van der Waals surface area contributed by atoms with E-state index in [4.69, 9.17) is 22.3 Å². The highest BCUT2D eigenvalue weighted by atomic mass is 35.7. The summed E-state index contributed by atoms with van der Waals surface area (Å²) in [5.41, 5.74) is 0.0480. The highest BCUT2D eigenvalue weighted by molar-refractivity contribution is 8.25. The van der Waals surface area contributed by atoms with Crippen molar-refractivity contribution in [3.05, 3.63) is 35.4 Å². The van der Waals surface area contributed by atoms with Crippen molar-refractivity contribution in [2.75, 3.05) is 0 Å². The van der Waals surface area contributed by atoms with Crippen LogP contribution in [-0.2, 0) is 9.05 Å². The molecule has 7 heteroatoms. The number of hydrogen-bond donors (Lipinski definition) is 0. The summed E-state index contributed by atoms with van der Waals surface area (Å²) in [6, 6.07) is 4.81. The van der Waals surface area contributed by atoms with Crippen molar-refractivity contribution >= 4 is 41.7 Å². The van der Waals surface area contributed by atoms with Gasteiger partial charge in [0.25, 0.3) is 19.4 Å². The van der Waals surface area contributed by atoms with E-state index in [2.05, 4.69) is 0 Å². The van der Waals surface area contributed by atoms with Crippen LogP contribution in [0.5, 0.6) is 0 Å². The van der Waals surface area contributed by atoms with E-state index in [-0.39, 0.29) is 11.1 Å². The van der Waals surface area contributed by atoms with Crippen LogP contribution >= 0.6 is 22.3 Å². The van der Waals surface area contributed by atoms with E-state index >= 15 is 0 Å². The fraction of sp³-hybridized carbons (Fsp3) is 0. The number of benzene rings is 1. The Balaban J connectivity index is 3.11. The first-order valence-corrected chi connectivity index (χ1v) is 6.30. The molecule has 1 aromatic carbocycles. The maximum atomic E-state index is 11.1. The Hall–Kier alpha value is -0.910. The first kappa shape index (κ1) is 12.2. The molecule has 0 amide bonds. The molecule has 0 aromatic heterocycles. The highest BCUT2D eigenvalue weighted by Gasteiger charge is 2.20. The van der Waals surface area contributed by atoms with Crippen LogP contribution in [-0.4, -0.2) is 18.8 Å². The van der Waals surface area contributed by atoms with Crippen LogP contribution in [0.25, 0.3) is 0 Å². The van der Waals surface area contributed by atoms with Crippen LogP contribution in [0, 0.1) is 0 Å². The van der Waals surface area contributed by atoms with Crippen molar-refractivity contribution in [3.63, 3.8) is 0 Å². The molecule has 0 saturated carbocycles. The smallest absolute Gasteiger partial charge is 0.276 e. The first-order chi connectivity index (χ1) is 6.82. The Kier molecular flexibility index (Phi) is 3.49. The largest absolute Gasteiger partial charge is 0.299 e. The zero-order valence-corrected chi connectivity index (χ0v) is 9.43. The fourth-order valence-corrected chi connectivity index (χ4v) is 1.69. The number of carbonyl (C=O) groups excluding carboxylic acids is 2. The van der Waals surface area contributed by atoms with Gasteiger partial charge in [0, 0.05) is 21.8 Å². The zero-order chi connectivity index (χ0) is 11.6. The van der Waals surface area contributed by atoms with Crippen LogP contribution in [0.1, 0.15) is 20.7 Å². The standard InChI is InChI=1S/C8H4Cl2O4S/c9-7(11)5-1-3-6(4-2-5)8(12)15(10,13)14/h1-4H. The molecule has 80 valence electrons. The first-order valence-electron chi connectivity index (χ1n) is 3.61. The second-order valence-electron chi connectivity index (χ2n) is 2.58. The van der Waals surface area contributed by atoms with Crippen molar-refractivity contribution in [2.24, 2.45) is 0 Å². The summed E-state index contributed by atoms with van der Waals surface area (Å²) in [5, 5.41) is -1.90. The third kappa shape index (κ3) is 3.02. The van der Waals surface area contributed by atoms with Gasteiger partial charge in [0.1, 0.15) is 0 Å². The monoisotopic (exact) mass is 266 g/mol. The maximum Gasteiger partial charge on any atom is 0.299 e. The van der Waals surface area contributed by atoms with E-state index in [9.17, 15) is 18.0 Å². The second-order valence-corrected chi connectivity index (χ2v) is 5.38. The Morgan fingerprint density at radius 2 is 1.40 bits per heavy atom. The van der Waals surface area contributed by atoms with Gasteiger partial charge in [-0.2, -0.15) is 0 Å². The van der Waals surface area contributed by atoms with Gasteiger partial charge in [0.05, 0.1) is 0 Å². The minimum Gasteiger partial charge on any atom is -0.276 e. The molecule has 15 heavy (non-hydrogen) atoms. The molecule has 0 fully saturated rings. The lowest BCUT2D eigenvalue weighted by Gasteiger charge is -1.97. The summed E-state index contributed by atoms with van der Waals surface area (Å²) in [6.07, 6.45) is 0. The van der Waals surface area contributed by atoms with Crippen molar-refractivity contribution in [3.8, 4) is 0 Å². The third-order valence-electron chi connectivity index (χ3n) is 1.57. The van der Waals surface area contributed by atoms with Gasteiger partial charge in [-0.05, 0) is 35.9 Å². The normalized spacial score (nSPS) is 11.1. The average molecular weight is 267 g/mol. The Labute approximate surface area is 95.2 Å². The molecule has 0 bridgehead atoms. The van der Waals surface area contributed by atoms with E-state index in [1.807, 2.05) is 0 Å². The molecule has 0 heterocycles. The minimum absolute atomic E-state index is 0.119. The van der Waals surface area contributed by atoms with Crippen molar-refractivity contribution in [1.82, 2.24) is 0 Å². The number of halogens is 2. The molecule has 4 nitrogen and oxygen atoms in total. The van der Waals surface area contributed by atoms with Crippen molar-refractivity contribution in [2.45, 2.75) is 0 Å². The molecular weight excluding hydrogens is 263 g/mol. The summed E-state index contributed by atoms with van der Waals surface area (Å²) in [4.78, 5) is 21.8. The molecule has 0 aliphatic heterocycles. The van der Waals surface area contributed by atoms with Crippen molar-refractivity contribution < 1.29 is 18.0 Å². The van der Waals surface area contributed by atoms with Gasteiger partial charge in [0.15, 0.2) is 0 Å². The van der Waals surface area contributed by atoms with Crippen LogP contribution < -0.4 is 0 Å². The molecule has 0 saturated heterocycles. The Morgan fingerprint density at radius 1 is 1.00 bits per heavy atom. The zero-order valence-electron chi connectivity index (χ0n) is 7.11. The lowest BCUT2D eigenvalue weighted by atomic mass is 10.2. The average Bonchev–Trinajstić information content (AvgIpc) is 2.15. The van der Waals surface area contributed by atoms with Gasteiger partial charge in [0.2, 0.25) is 0 Å². The van der Waals surface area contributed by atoms with E-state index in [0.717, 1.165) is 12.1 Å². The molecule has 0 atom stereocenters. The fourth-order valence-electron chi connectivity index (χ4n) is 0.878. The predicted octanol–water partition coefficient (Wildman–Crippen LogP) is 1.77. The lowest BCUT2D eigenvalue weighted by Crippen LogP contribution is -2.08. The van der Waals surface area contributed by atoms with Gasteiger partial charge < -0.3 is 0 Å². The molecule has 0 aliphatic rings. The minimum atomic E-state index is -4.27. The van der Waals surface area contributed by atoms with Gasteiger partial charge >= 0.3 is 0 Å². The molecule has 0 spiro atoms. The Bertz CT molecular complexity index is 504. The molecule has 0 N–H and O–H groups in total. The second kappa shape index (κ2) is 4.30. The molecule has 0 unspecified atom stereocenters. The van der Waals surface area contributed by atoms with Crippen LogP contribution in [0.15, 0.2) is 24.3 Å². The Morgan fingerprint density at radius 3 is 1.73 bits per heavy atom. The predicted molar refractivity (Wildman–Crippen MR) is 55.7 cm³/mol. The quantitative estimate of drug-likeness (QED) is 0.766. The molecule has 1 rings (SSSR count). The van der Waals surface area contributed by atoms with E-state index < -0.39 is 19.4 Å². The molecule has 0 radical (unpaired) electrons. The molecular formula is C8H4Cl2O4S. The van der Waals surface area contributed by atoms with Gasteiger partial charge in [-0.1, -0.05) is 0 Å². The summed E-state index contributed by atoms with van der Waals surface area (Å²) in [5.74, 6) is 0. The van der Waals surface area contributed by atoms with Gasteiger partial charge in [-0.25, -0.2) is 8.42 Å². The maximum absolute atomic E-state index is 11.1. The van der Waals surface area contributed by atoms with Gasteiger partial charge in [-0.15, -0.1) is 0 Å². The van der Waals surface area contributed by atoms with Crippen LogP contribution in [0.3, 0.4) is 0 Å².